The van der Waals surface area contributed by atoms with Crippen molar-refractivity contribution in [3.63, 3.8) is 0 Å². The molecule has 0 aromatic rings. The SMILES string of the molecule is NC(=O)NCCCN[SiH3]. The van der Waals surface area contributed by atoms with Gasteiger partial charge in [0.2, 0.25) is 0 Å². The molecule has 0 atom stereocenters. The van der Waals surface area contributed by atoms with E-state index >= 15 is 0 Å². The van der Waals surface area contributed by atoms with Crippen LogP contribution in [0.4, 0.5) is 4.79 Å². The Labute approximate surface area is 57.7 Å². The van der Waals surface area contributed by atoms with Gasteiger partial charge in [-0.15, -0.1) is 0 Å². The van der Waals surface area contributed by atoms with Crippen molar-refractivity contribution in [1.82, 2.24) is 10.3 Å². The normalized spacial score (nSPS) is 9.33. The van der Waals surface area contributed by atoms with Crippen molar-refractivity contribution in [2.75, 3.05) is 13.1 Å². The summed E-state index contributed by atoms with van der Waals surface area (Å²) < 4.78 is 0. The van der Waals surface area contributed by atoms with Crippen molar-refractivity contribution in [3.05, 3.63) is 0 Å². The molecule has 4 nitrogen and oxygen atoms in total. The molecule has 0 saturated heterocycles. The first-order valence-electron chi connectivity index (χ1n) is 2.95. The molecule has 4 N–H and O–H groups in total. The number of carbonyl (C=O) groups is 1. The number of rotatable bonds is 4. The zero-order valence-electron chi connectivity index (χ0n) is 5.61. The molecule has 2 amide bonds. The maximum Gasteiger partial charge on any atom is 0.312 e. The summed E-state index contributed by atoms with van der Waals surface area (Å²) in [6, 6.07) is -0.441. The van der Waals surface area contributed by atoms with Crippen LogP contribution in [-0.2, 0) is 0 Å². The third-order valence-corrected chi connectivity index (χ3v) is 1.40. The first-order valence-corrected chi connectivity index (χ1v) is 3.95. The maximum absolute atomic E-state index is 10.1. The number of primary amides is 1. The monoisotopic (exact) mass is 147 g/mol. The predicted molar refractivity (Wildman–Crippen MR) is 40.1 cm³/mol. The van der Waals surface area contributed by atoms with Gasteiger partial charge in [-0.2, -0.15) is 0 Å². The second kappa shape index (κ2) is 5.58. The van der Waals surface area contributed by atoms with E-state index in [-0.39, 0.29) is 0 Å². The van der Waals surface area contributed by atoms with Crippen LogP contribution in [0.5, 0.6) is 0 Å². The van der Waals surface area contributed by atoms with Crippen LogP contribution in [0.2, 0.25) is 0 Å². The molecule has 0 radical (unpaired) electrons. The number of hydrogen-bond donors (Lipinski definition) is 3. The Bertz CT molecular complexity index is 87.9. The quantitative estimate of drug-likeness (QED) is 0.315. The lowest BCUT2D eigenvalue weighted by atomic mass is 10.4. The average molecular weight is 147 g/mol. The van der Waals surface area contributed by atoms with E-state index in [0.29, 0.717) is 6.54 Å². The molecule has 5 heteroatoms. The minimum Gasteiger partial charge on any atom is -0.352 e. The topological polar surface area (TPSA) is 67.2 Å². The summed E-state index contributed by atoms with van der Waals surface area (Å²) in [7, 11) is 1.01. The minimum atomic E-state index is -0.441. The second-order valence-electron chi connectivity index (χ2n) is 1.75. The molecule has 0 spiro atoms. The van der Waals surface area contributed by atoms with Crippen molar-refractivity contribution in [3.8, 4) is 0 Å². The van der Waals surface area contributed by atoms with Crippen LogP contribution in [0.1, 0.15) is 6.42 Å². The summed E-state index contributed by atoms with van der Waals surface area (Å²) in [5.41, 5.74) is 4.81. The van der Waals surface area contributed by atoms with Gasteiger partial charge in [-0.3, -0.25) is 0 Å². The van der Waals surface area contributed by atoms with Crippen LogP contribution in [0, 0.1) is 0 Å². The lowest BCUT2D eigenvalue weighted by molar-refractivity contribution is 0.249. The summed E-state index contributed by atoms with van der Waals surface area (Å²) >= 11 is 0. The third kappa shape index (κ3) is 7.45. The highest BCUT2D eigenvalue weighted by Gasteiger charge is 1.87. The van der Waals surface area contributed by atoms with E-state index in [2.05, 4.69) is 10.3 Å². The number of nitrogens with two attached hydrogens (primary N) is 1. The highest BCUT2D eigenvalue weighted by molar-refractivity contribution is 6.04. The molecule has 0 aliphatic rings. The molecule has 9 heavy (non-hydrogen) atoms. The molecule has 0 aromatic carbocycles. The van der Waals surface area contributed by atoms with Gasteiger partial charge in [-0.1, -0.05) is 0 Å². The third-order valence-electron chi connectivity index (χ3n) is 0.903. The van der Waals surface area contributed by atoms with Crippen LogP contribution in [-0.4, -0.2) is 29.5 Å². The van der Waals surface area contributed by atoms with Gasteiger partial charge in [-0.25, -0.2) is 4.79 Å². The fourth-order valence-corrected chi connectivity index (χ4v) is 0.830. The van der Waals surface area contributed by atoms with Crippen LogP contribution >= 0.6 is 0 Å². The summed E-state index contributed by atoms with van der Waals surface area (Å²) in [4.78, 5) is 13.2. The van der Waals surface area contributed by atoms with Crippen molar-refractivity contribution in [1.29, 1.82) is 0 Å². The van der Waals surface area contributed by atoms with Crippen molar-refractivity contribution in [2.45, 2.75) is 6.42 Å². The smallest absolute Gasteiger partial charge is 0.312 e. The van der Waals surface area contributed by atoms with Gasteiger partial charge in [-0.05, 0) is 13.0 Å². The van der Waals surface area contributed by atoms with E-state index in [4.69, 9.17) is 5.73 Å². The molecule has 0 rings (SSSR count). The maximum atomic E-state index is 10.1. The van der Waals surface area contributed by atoms with Gasteiger partial charge in [0.15, 0.2) is 0 Å². The Morgan fingerprint density at radius 1 is 1.56 bits per heavy atom. The molecule has 0 aromatic heterocycles. The Morgan fingerprint density at radius 3 is 2.67 bits per heavy atom. The molecule has 0 aliphatic carbocycles. The first-order chi connectivity index (χ1) is 4.27. The van der Waals surface area contributed by atoms with E-state index in [9.17, 15) is 4.79 Å². The summed E-state index contributed by atoms with van der Waals surface area (Å²) in [5, 5.41) is 2.49. The second-order valence-corrected chi connectivity index (χ2v) is 2.46. The highest BCUT2D eigenvalue weighted by Crippen LogP contribution is 1.69. The van der Waals surface area contributed by atoms with Gasteiger partial charge in [0.25, 0.3) is 0 Å². The number of urea groups is 1. The van der Waals surface area contributed by atoms with E-state index in [1.54, 1.807) is 0 Å². The lowest BCUT2D eigenvalue weighted by Gasteiger charge is -1.99. The van der Waals surface area contributed by atoms with Crippen molar-refractivity contribution < 1.29 is 4.79 Å². The van der Waals surface area contributed by atoms with Crippen LogP contribution in [0.15, 0.2) is 0 Å². The zero-order chi connectivity index (χ0) is 7.11. The number of amides is 2. The molecule has 0 saturated carbocycles. The number of hydrogen-bond acceptors (Lipinski definition) is 2. The average Bonchev–Trinajstić information content (AvgIpc) is 1.80. The van der Waals surface area contributed by atoms with Gasteiger partial charge in [0.05, 0.1) is 10.4 Å². The fraction of sp³-hybridized carbons (Fsp3) is 0.750. The predicted octanol–water partition coefficient (Wildman–Crippen LogP) is -2.09. The standard InChI is InChI=1S/C4H13N3OSi/c5-4(8)6-2-1-3-7-9/h7H,1-3H2,9H3,(H3,5,6,8). The van der Waals surface area contributed by atoms with Crippen molar-refractivity contribution >= 4 is 16.4 Å². The number of nitrogens with one attached hydrogen (secondary N) is 2. The van der Waals surface area contributed by atoms with Gasteiger partial charge in [0.1, 0.15) is 0 Å². The first kappa shape index (κ1) is 8.45. The van der Waals surface area contributed by atoms with Crippen molar-refractivity contribution in [2.24, 2.45) is 5.73 Å². The summed E-state index contributed by atoms with van der Waals surface area (Å²) in [6.07, 6.45) is 0.951. The Morgan fingerprint density at radius 2 is 2.22 bits per heavy atom. The van der Waals surface area contributed by atoms with Gasteiger partial charge >= 0.3 is 6.03 Å². The molecule has 54 valence electrons. The molecule has 0 bridgehead atoms. The Balaban J connectivity index is 2.83. The van der Waals surface area contributed by atoms with Gasteiger partial charge in [0, 0.05) is 6.54 Å². The van der Waals surface area contributed by atoms with Gasteiger partial charge < -0.3 is 16.0 Å². The van der Waals surface area contributed by atoms with E-state index in [1.807, 2.05) is 0 Å². The Hall–Kier alpha value is -0.553. The van der Waals surface area contributed by atoms with E-state index < -0.39 is 6.03 Å². The summed E-state index contributed by atoms with van der Waals surface area (Å²) in [6.45, 7) is 1.64. The fourth-order valence-electron chi connectivity index (χ4n) is 0.477. The summed E-state index contributed by atoms with van der Waals surface area (Å²) in [5.74, 6) is 0. The molecule has 0 aliphatic heterocycles. The van der Waals surface area contributed by atoms with Crippen LogP contribution in [0.3, 0.4) is 0 Å². The molecular weight excluding hydrogens is 134 g/mol. The van der Waals surface area contributed by atoms with E-state index in [1.165, 1.54) is 0 Å². The van der Waals surface area contributed by atoms with Crippen LogP contribution in [0.25, 0.3) is 0 Å². The highest BCUT2D eigenvalue weighted by atomic mass is 28.2. The molecular formula is C4H13N3OSi. The number of carbonyl (C=O) groups excluding carboxylic acids is 1. The molecule has 0 fully saturated rings. The lowest BCUT2D eigenvalue weighted by Crippen LogP contribution is -2.31. The Kier molecular flexibility index (Phi) is 5.24. The molecule has 0 unspecified atom stereocenters. The zero-order valence-corrected chi connectivity index (χ0v) is 7.61. The van der Waals surface area contributed by atoms with Crippen LogP contribution < -0.4 is 16.0 Å². The van der Waals surface area contributed by atoms with E-state index in [0.717, 1.165) is 23.4 Å². The minimum absolute atomic E-state index is 0.441. The largest absolute Gasteiger partial charge is 0.352 e. The molecule has 0 heterocycles.